The molecule has 192 valence electrons. The second-order valence-corrected chi connectivity index (χ2v) is 11.9. The first-order valence-electron chi connectivity index (χ1n) is 11.9. The molecule has 1 saturated carbocycles. The standard InChI is InChI=1S/C25H23F2N5O4S/c1-31-14-29-20-4-3-16(8-17(20)23(31)33)36-22-18-10-25(26,27)9-15(18)7-21(19(22)11-28)30-37(34,35)32-12-24(13-32)5-2-6-24/h3-4,7-8,14,30H,2,5-6,9-10,12-13H2,1H3. The van der Waals surface area contributed by atoms with E-state index in [0.717, 1.165) is 19.3 Å². The van der Waals surface area contributed by atoms with E-state index in [1.165, 1.54) is 33.4 Å². The van der Waals surface area contributed by atoms with E-state index in [2.05, 4.69) is 9.71 Å². The molecule has 37 heavy (non-hydrogen) atoms. The summed E-state index contributed by atoms with van der Waals surface area (Å²) in [5.74, 6) is -3.07. The molecule has 12 heteroatoms. The lowest BCUT2D eigenvalue weighted by Crippen LogP contribution is -2.62. The SMILES string of the molecule is Cn1cnc2ccc(Oc3c(C#N)c(NS(=O)(=O)N4CC5(CCC5)C4)cc4c3CC(F)(F)C4)cc2c1=O. The van der Waals surface area contributed by atoms with Crippen molar-refractivity contribution in [3.05, 3.63) is 57.6 Å². The molecule has 3 aliphatic rings. The largest absolute Gasteiger partial charge is 0.456 e. The lowest BCUT2D eigenvalue weighted by Gasteiger charge is -2.54. The minimum absolute atomic E-state index is 0.0447. The van der Waals surface area contributed by atoms with Crippen LogP contribution in [0.25, 0.3) is 10.9 Å². The number of ether oxygens (including phenoxy) is 1. The number of rotatable bonds is 5. The summed E-state index contributed by atoms with van der Waals surface area (Å²) in [7, 11) is -2.45. The lowest BCUT2D eigenvalue weighted by molar-refractivity contribution is -0.00752. The second-order valence-electron chi connectivity index (χ2n) is 10.3. The van der Waals surface area contributed by atoms with Crippen molar-refractivity contribution in [3.8, 4) is 17.6 Å². The lowest BCUT2D eigenvalue weighted by atomic mass is 9.65. The van der Waals surface area contributed by atoms with E-state index in [1.54, 1.807) is 13.1 Å². The Morgan fingerprint density at radius 3 is 2.62 bits per heavy atom. The number of anilines is 1. The van der Waals surface area contributed by atoms with Gasteiger partial charge in [0.2, 0.25) is 0 Å². The van der Waals surface area contributed by atoms with Crippen LogP contribution >= 0.6 is 0 Å². The van der Waals surface area contributed by atoms with Crippen LogP contribution in [-0.4, -0.2) is 41.3 Å². The third kappa shape index (κ3) is 3.93. The smallest absolute Gasteiger partial charge is 0.301 e. The molecule has 9 nitrogen and oxygen atoms in total. The summed E-state index contributed by atoms with van der Waals surface area (Å²) < 4.78 is 66.1. The van der Waals surface area contributed by atoms with E-state index in [1.807, 2.05) is 6.07 Å². The molecule has 2 heterocycles. The molecule has 0 bridgehead atoms. The van der Waals surface area contributed by atoms with Crippen molar-refractivity contribution in [1.82, 2.24) is 13.9 Å². The van der Waals surface area contributed by atoms with Gasteiger partial charge in [-0.25, -0.2) is 13.8 Å². The number of nitrogens with one attached hydrogen (secondary N) is 1. The van der Waals surface area contributed by atoms with E-state index in [9.17, 15) is 27.3 Å². The van der Waals surface area contributed by atoms with Crippen LogP contribution in [0, 0.1) is 16.7 Å². The van der Waals surface area contributed by atoms with Crippen LogP contribution in [0.1, 0.15) is 36.0 Å². The van der Waals surface area contributed by atoms with Crippen molar-refractivity contribution < 1.29 is 21.9 Å². The fourth-order valence-corrected chi connectivity index (χ4v) is 6.90. The molecule has 1 spiro atoms. The molecule has 1 aliphatic heterocycles. The van der Waals surface area contributed by atoms with Crippen molar-refractivity contribution in [2.45, 2.75) is 38.0 Å². The Bertz CT molecular complexity index is 1670. The number of benzene rings is 2. The van der Waals surface area contributed by atoms with Gasteiger partial charge in [-0.15, -0.1) is 0 Å². The van der Waals surface area contributed by atoms with E-state index in [4.69, 9.17) is 4.74 Å². The molecule has 1 aromatic heterocycles. The van der Waals surface area contributed by atoms with Crippen molar-refractivity contribution >= 4 is 26.8 Å². The Hall–Kier alpha value is -3.56. The maximum Gasteiger partial charge on any atom is 0.301 e. The zero-order valence-corrected chi connectivity index (χ0v) is 20.7. The fraction of sp³-hybridized carbons (Fsp3) is 0.400. The second kappa shape index (κ2) is 7.97. The third-order valence-corrected chi connectivity index (χ3v) is 9.01. The van der Waals surface area contributed by atoms with Gasteiger partial charge < -0.3 is 9.30 Å². The van der Waals surface area contributed by atoms with E-state index in [0.29, 0.717) is 18.6 Å². The van der Waals surface area contributed by atoms with E-state index >= 15 is 0 Å². The molecule has 2 aliphatic carbocycles. The van der Waals surface area contributed by atoms with E-state index in [-0.39, 0.29) is 50.2 Å². The summed E-state index contributed by atoms with van der Waals surface area (Å²) >= 11 is 0. The average Bonchev–Trinajstić information content (AvgIpc) is 3.08. The highest BCUT2D eigenvalue weighted by Crippen LogP contribution is 2.50. The summed E-state index contributed by atoms with van der Waals surface area (Å²) in [6, 6.07) is 7.75. The van der Waals surface area contributed by atoms with Crippen molar-refractivity contribution in [2.75, 3.05) is 17.8 Å². The average molecular weight is 528 g/mol. The number of fused-ring (bicyclic) bond motifs is 2. The van der Waals surface area contributed by atoms with Gasteiger partial charge in [-0.05, 0) is 48.1 Å². The highest BCUT2D eigenvalue weighted by molar-refractivity contribution is 7.90. The highest BCUT2D eigenvalue weighted by Gasteiger charge is 2.51. The number of nitrogens with zero attached hydrogens (tertiary/aromatic N) is 4. The molecule has 2 fully saturated rings. The summed E-state index contributed by atoms with van der Waals surface area (Å²) in [5.41, 5.74) is 0.180. The van der Waals surface area contributed by atoms with Gasteiger partial charge in [-0.2, -0.15) is 18.0 Å². The molecular formula is C25H23F2N5O4S. The maximum absolute atomic E-state index is 14.5. The van der Waals surface area contributed by atoms with Gasteiger partial charge in [-0.1, -0.05) is 6.42 Å². The molecule has 0 radical (unpaired) electrons. The van der Waals surface area contributed by atoms with Crippen LogP contribution in [0.5, 0.6) is 11.5 Å². The summed E-state index contributed by atoms with van der Waals surface area (Å²) in [4.78, 5) is 16.7. The molecule has 1 saturated heterocycles. The maximum atomic E-state index is 14.5. The van der Waals surface area contributed by atoms with Gasteiger partial charge in [0, 0.05) is 38.5 Å². The van der Waals surface area contributed by atoms with Gasteiger partial charge in [0.1, 0.15) is 17.4 Å². The monoisotopic (exact) mass is 527 g/mol. The Labute approximate surface area is 211 Å². The van der Waals surface area contributed by atoms with Crippen LogP contribution in [-0.2, 0) is 30.1 Å². The van der Waals surface area contributed by atoms with Crippen LogP contribution in [0.2, 0.25) is 0 Å². The van der Waals surface area contributed by atoms with Crippen LogP contribution in [0.4, 0.5) is 14.5 Å². The topological polar surface area (TPSA) is 117 Å². The van der Waals surface area contributed by atoms with Crippen molar-refractivity contribution in [1.29, 1.82) is 5.26 Å². The van der Waals surface area contributed by atoms with Crippen molar-refractivity contribution in [2.24, 2.45) is 12.5 Å². The van der Waals surface area contributed by atoms with Crippen LogP contribution < -0.4 is 15.0 Å². The minimum Gasteiger partial charge on any atom is -0.456 e. The molecule has 1 N–H and O–H groups in total. The van der Waals surface area contributed by atoms with Gasteiger partial charge in [-0.3, -0.25) is 9.52 Å². The highest BCUT2D eigenvalue weighted by atomic mass is 32.2. The molecule has 6 rings (SSSR count). The number of hydrogen-bond donors (Lipinski definition) is 1. The zero-order chi connectivity index (χ0) is 26.2. The van der Waals surface area contributed by atoms with Gasteiger partial charge >= 0.3 is 10.2 Å². The summed E-state index contributed by atoms with van der Waals surface area (Å²) in [5, 5.41) is 10.3. The molecule has 0 amide bonds. The zero-order valence-electron chi connectivity index (χ0n) is 19.9. The molecule has 0 atom stereocenters. The number of aromatic nitrogens is 2. The summed E-state index contributed by atoms with van der Waals surface area (Å²) in [6.07, 6.45) is 3.18. The Morgan fingerprint density at radius 2 is 1.95 bits per heavy atom. The normalized spacial score (nSPS) is 19.6. The van der Waals surface area contributed by atoms with Crippen molar-refractivity contribution in [3.63, 3.8) is 0 Å². The molecular weight excluding hydrogens is 504 g/mol. The van der Waals surface area contributed by atoms with Gasteiger partial charge in [0.05, 0.1) is 22.9 Å². The first-order chi connectivity index (χ1) is 17.5. The fourth-order valence-electron chi connectivity index (χ4n) is 5.45. The number of alkyl halides is 2. The molecule has 3 aromatic rings. The minimum atomic E-state index is -3.99. The number of hydrogen-bond acceptors (Lipinski definition) is 6. The third-order valence-electron chi connectivity index (χ3n) is 7.60. The first kappa shape index (κ1) is 23.8. The number of nitriles is 1. The van der Waals surface area contributed by atoms with Crippen LogP contribution in [0.3, 0.4) is 0 Å². The Kier molecular flexibility index (Phi) is 5.13. The Balaban J connectivity index is 1.41. The molecule has 0 unspecified atom stereocenters. The number of aryl methyl sites for hydroxylation is 1. The Morgan fingerprint density at radius 1 is 1.19 bits per heavy atom. The van der Waals surface area contributed by atoms with E-state index < -0.39 is 29.0 Å². The molecule has 2 aromatic carbocycles. The first-order valence-corrected chi connectivity index (χ1v) is 13.3. The number of halogens is 2. The van der Waals surface area contributed by atoms with Gasteiger partial charge in [0.25, 0.3) is 11.5 Å². The van der Waals surface area contributed by atoms with Crippen LogP contribution in [0.15, 0.2) is 35.4 Å². The quantitative estimate of drug-likeness (QED) is 0.543. The van der Waals surface area contributed by atoms with Gasteiger partial charge in [0.15, 0.2) is 5.75 Å². The summed E-state index contributed by atoms with van der Waals surface area (Å²) in [6.45, 7) is 0.799. The predicted molar refractivity (Wildman–Crippen MR) is 131 cm³/mol. The predicted octanol–water partition coefficient (Wildman–Crippen LogP) is 3.47.